The molecule has 0 spiro atoms. The molecular formula is C24H21F3N4O2. The highest BCUT2D eigenvalue weighted by Crippen LogP contribution is 2.30. The highest BCUT2D eigenvalue weighted by molar-refractivity contribution is 6.13. The number of amides is 1. The molecule has 0 unspecified atom stereocenters. The van der Waals surface area contributed by atoms with Crippen LogP contribution in [0.5, 0.6) is 5.88 Å². The molecule has 0 saturated heterocycles. The molecule has 2 aromatic heterocycles. The van der Waals surface area contributed by atoms with Gasteiger partial charge in [-0.15, -0.1) is 0 Å². The molecule has 6 nitrogen and oxygen atoms in total. The van der Waals surface area contributed by atoms with Crippen LogP contribution >= 0.6 is 0 Å². The number of aromatic nitrogens is 3. The third-order valence-electron chi connectivity index (χ3n) is 5.38. The second-order valence-corrected chi connectivity index (χ2v) is 7.58. The van der Waals surface area contributed by atoms with E-state index in [9.17, 15) is 18.0 Å². The van der Waals surface area contributed by atoms with Crippen molar-refractivity contribution in [3.05, 3.63) is 82.7 Å². The number of nitrogens with zero attached hydrogens (tertiary/aromatic N) is 3. The molecule has 0 saturated carbocycles. The molecule has 1 N–H and O–H groups in total. The molecule has 170 valence electrons. The van der Waals surface area contributed by atoms with Gasteiger partial charge in [0.15, 0.2) is 0 Å². The number of carbonyl (C=O) groups excluding carboxylic acids is 1. The maximum absolute atomic E-state index is 13.2. The maximum Gasteiger partial charge on any atom is 0.416 e. The minimum absolute atomic E-state index is 0.271. The SMILES string of the molecule is COc1cc(C(=O)Nc2c(C)nn(Cc3ccc(C(F)(F)F)cc3)c2C)c2ccccc2n1. The number of nitrogens with one attached hydrogen (secondary N) is 1. The third-order valence-corrected chi connectivity index (χ3v) is 5.38. The first-order chi connectivity index (χ1) is 15.7. The predicted molar refractivity (Wildman–Crippen MR) is 118 cm³/mol. The molecule has 4 rings (SSSR count). The maximum atomic E-state index is 13.2. The number of hydrogen-bond acceptors (Lipinski definition) is 4. The average molecular weight is 454 g/mol. The summed E-state index contributed by atoms with van der Waals surface area (Å²) in [7, 11) is 1.48. The first kappa shape index (κ1) is 22.3. The van der Waals surface area contributed by atoms with Gasteiger partial charge >= 0.3 is 6.18 Å². The van der Waals surface area contributed by atoms with E-state index < -0.39 is 11.7 Å². The van der Waals surface area contributed by atoms with Crippen molar-refractivity contribution in [2.45, 2.75) is 26.6 Å². The number of benzene rings is 2. The van der Waals surface area contributed by atoms with Gasteiger partial charge in [-0.3, -0.25) is 9.48 Å². The summed E-state index contributed by atoms with van der Waals surface area (Å²) in [4.78, 5) is 17.5. The molecule has 0 atom stereocenters. The van der Waals surface area contributed by atoms with Crippen LogP contribution in [0.2, 0.25) is 0 Å². The van der Waals surface area contributed by atoms with Crippen LogP contribution in [0.25, 0.3) is 10.9 Å². The van der Waals surface area contributed by atoms with Gasteiger partial charge in [-0.25, -0.2) is 4.98 Å². The molecule has 0 bridgehead atoms. The van der Waals surface area contributed by atoms with Gasteiger partial charge in [0.1, 0.15) is 0 Å². The number of pyridine rings is 1. The molecule has 0 aliphatic heterocycles. The van der Waals surface area contributed by atoms with E-state index >= 15 is 0 Å². The van der Waals surface area contributed by atoms with Crippen molar-refractivity contribution >= 4 is 22.5 Å². The summed E-state index contributed by atoms with van der Waals surface area (Å²) in [6.07, 6.45) is -4.38. The van der Waals surface area contributed by atoms with Crippen LogP contribution in [-0.4, -0.2) is 27.8 Å². The first-order valence-corrected chi connectivity index (χ1v) is 10.1. The minimum Gasteiger partial charge on any atom is -0.481 e. The number of halogens is 3. The Morgan fingerprint density at radius 1 is 1.09 bits per heavy atom. The highest BCUT2D eigenvalue weighted by Gasteiger charge is 2.30. The van der Waals surface area contributed by atoms with Gasteiger partial charge in [0.2, 0.25) is 5.88 Å². The largest absolute Gasteiger partial charge is 0.481 e. The molecule has 0 aliphatic rings. The number of fused-ring (bicyclic) bond motifs is 1. The summed E-state index contributed by atoms with van der Waals surface area (Å²) in [5.74, 6) is -0.0162. The molecule has 0 fully saturated rings. The Bertz CT molecular complexity index is 1330. The van der Waals surface area contributed by atoms with Gasteiger partial charge in [0.25, 0.3) is 5.91 Å². The van der Waals surface area contributed by atoms with Gasteiger partial charge in [0, 0.05) is 11.5 Å². The van der Waals surface area contributed by atoms with E-state index in [1.54, 1.807) is 30.7 Å². The van der Waals surface area contributed by atoms with Crippen LogP contribution in [0.1, 0.15) is 32.9 Å². The van der Waals surface area contributed by atoms with Crippen LogP contribution in [0, 0.1) is 13.8 Å². The van der Waals surface area contributed by atoms with E-state index in [4.69, 9.17) is 4.74 Å². The molecule has 2 heterocycles. The minimum atomic E-state index is -4.38. The van der Waals surface area contributed by atoms with Crippen molar-refractivity contribution in [2.24, 2.45) is 0 Å². The smallest absolute Gasteiger partial charge is 0.416 e. The number of carbonyl (C=O) groups is 1. The number of aryl methyl sites for hydroxylation is 1. The number of anilines is 1. The summed E-state index contributed by atoms with van der Waals surface area (Å²) in [6, 6.07) is 13.8. The summed E-state index contributed by atoms with van der Waals surface area (Å²) in [5, 5.41) is 8.06. The van der Waals surface area contributed by atoms with Crippen molar-refractivity contribution in [3.8, 4) is 5.88 Å². The Morgan fingerprint density at radius 2 is 1.79 bits per heavy atom. The Labute approximate surface area is 188 Å². The van der Waals surface area contributed by atoms with E-state index in [2.05, 4.69) is 15.4 Å². The zero-order valence-electron chi connectivity index (χ0n) is 18.2. The standard InChI is InChI=1S/C24H21F3N4O2/c1-14-22(15(2)31(30-14)13-16-8-10-17(11-9-16)24(25,26)27)29-23(32)19-12-21(33-3)28-20-7-5-4-6-18(19)20/h4-12H,13H2,1-3H3,(H,29,32). The molecule has 4 aromatic rings. The summed E-state index contributed by atoms with van der Waals surface area (Å²) in [6.45, 7) is 3.83. The lowest BCUT2D eigenvalue weighted by Gasteiger charge is -2.11. The number of para-hydroxylation sites is 1. The van der Waals surface area contributed by atoms with E-state index in [1.165, 1.54) is 19.2 Å². The summed E-state index contributed by atoms with van der Waals surface area (Å²) in [5.41, 5.74) is 2.83. The molecule has 2 aromatic carbocycles. The van der Waals surface area contributed by atoms with Crippen molar-refractivity contribution in [2.75, 3.05) is 12.4 Å². The van der Waals surface area contributed by atoms with E-state index in [0.717, 1.165) is 12.1 Å². The summed E-state index contributed by atoms with van der Waals surface area (Å²) >= 11 is 0. The highest BCUT2D eigenvalue weighted by atomic mass is 19.4. The van der Waals surface area contributed by atoms with E-state index in [1.807, 2.05) is 18.2 Å². The topological polar surface area (TPSA) is 69.0 Å². The van der Waals surface area contributed by atoms with Gasteiger partial charge in [-0.1, -0.05) is 30.3 Å². The van der Waals surface area contributed by atoms with Crippen molar-refractivity contribution in [3.63, 3.8) is 0 Å². The lowest BCUT2D eigenvalue weighted by atomic mass is 10.1. The fourth-order valence-electron chi connectivity index (χ4n) is 3.63. The van der Waals surface area contributed by atoms with E-state index in [0.29, 0.717) is 45.0 Å². The second-order valence-electron chi connectivity index (χ2n) is 7.58. The Morgan fingerprint density at radius 3 is 2.45 bits per heavy atom. The molecule has 0 radical (unpaired) electrons. The average Bonchev–Trinajstić information content (AvgIpc) is 3.05. The fraction of sp³-hybridized carbons (Fsp3) is 0.208. The molecule has 33 heavy (non-hydrogen) atoms. The van der Waals surface area contributed by atoms with Crippen LogP contribution in [0.3, 0.4) is 0 Å². The van der Waals surface area contributed by atoms with Gasteiger partial charge in [-0.05, 0) is 37.6 Å². The van der Waals surface area contributed by atoms with Crippen LogP contribution in [-0.2, 0) is 12.7 Å². The van der Waals surface area contributed by atoms with Crippen molar-refractivity contribution in [1.82, 2.24) is 14.8 Å². The van der Waals surface area contributed by atoms with Crippen molar-refractivity contribution < 1.29 is 22.7 Å². The van der Waals surface area contributed by atoms with Gasteiger partial charge in [0.05, 0.1) is 47.4 Å². The fourth-order valence-corrected chi connectivity index (χ4v) is 3.63. The lowest BCUT2D eigenvalue weighted by Crippen LogP contribution is -2.14. The van der Waals surface area contributed by atoms with Gasteiger partial charge < -0.3 is 10.1 Å². The molecule has 0 aliphatic carbocycles. The van der Waals surface area contributed by atoms with Crippen molar-refractivity contribution in [1.29, 1.82) is 0 Å². The number of ether oxygens (including phenoxy) is 1. The predicted octanol–water partition coefficient (Wildman–Crippen LogP) is 5.38. The number of alkyl halides is 3. The zero-order valence-corrected chi connectivity index (χ0v) is 18.2. The van der Waals surface area contributed by atoms with Gasteiger partial charge in [-0.2, -0.15) is 18.3 Å². The zero-order chi connectivity index (χ0) is 23.8. The molecule has 9 heteroatoms. The number of rotatable bonds is 5. The molecular weight excluding hydrogens is 433 g/mol. The second kappa shape index (κ2) is 8.57. The third kappa shape index (κ3) is 4.52. The molecule has 1 amide bonds. The number of hydrogen-bond donors (Lipinski definition) is 1. The van der Waals surface area contributed by atoms with E-state index in [-0.39, 0.29) is 12.5 Å². The summed E-state index contributed by atoms with van der Waals surface area (Å²) < 4.78 is 45.3. The number of methoxy groups -OCH3 is 1. The monoisotopic (exact) mass is 454 g/mol. The normalized spacial score (nSPS) is 11.6. The Hall–Kier alpha value is -3.88. The Kier molecular flexibility index (Phi) is 5.80. The Balaban J connectivity index is 1.60. The first-order valence-electron chi connectivity index (χ1n) is 10.1. The quantitative estimate of drug-likeness (QED) is 0.440. The van der Waals surface area contributed by atoms with Crippen LogP contribution in [0.4, 0.5) is 18.9 Å². The van der Waals surface area contributed by atoms with Crippen LogP contribution in [0.15, 0.2) is 54.6 Å². The lowest BCUT2D eigenvalue weighted by molar-refractivity contribution is -0.137. The van der Waals surface area contributed by atoms with Crippen LogP contribution < -0.4 is 10.1 Å².